The quantitative estimate of drug-likeness (QED) is 0.711. The summed E-state index contributed by atoms with van der Waals surface area (Å²) >= 11 is 0. The lowest BCUT2D eigenvalue weighted by molar-refractivity contribution is -0.139. The Labute approximate surface area is 164 Å². The molecule has 28 heavy (non-hydrogen) atoms. The zero-order valence-corrected chi connectivity index (χ0v) is 15.6. The summed E-state index contributed by atoms with van der Waals surface area (Å²) in [7, 11) is 0. The largest absolute Gasteiger partial charge is 0.479 e. The van der Waals surface area contributed by atoms with E-state index in [0.29, 0.717) is 16.8 Å². The van der Waals surface area contributed by atoms with Gasteiger partial charge >= 0.3 is 5.97 Å². The number of hydrogen-bond acceptors (Lipinski definition) is 3. The molecule has 1 aliphatic carbocycles. The second-order valence-electron chi connectivity index (χ2n) is 7.06. The molecule has 1 fully saturated rings. The summed E-state index contributed by atoms with van der Waals surface area (Å²) in [4.78, 5) is 36.6. The van der Waals surface area contributed by atoms with Gasteiger partial charge in [0.1, 0.15) is 0 Å². The Morgan fingerprint density at radius 2 is 1.64 bits per heavy atom. The zero-order valence-electron chi connectivity index (χ0n) is 15.6. The standard InChI is InChI=1S/C22H24N2O4/c25-20(16-10-5-2-6-11-16)23-18-13-7-12-17(14-18)21(26)24-19(22(27)28)15-8-3-1-4-9-15/h1,3-4,7-9,12-14,16,19H,2,5-6,10-11H2,(H,23,25)(H,24,26)(H,27,28)/t19-/m1/s1. The lowest BCUT2D eigenvalue weighted by Crippen LogP contribution is -2.33. The van der Waals surface area contributed by atoms with E-state index in [1.165, 1.54) is 6.42 Å². The van der Waals surface area contributed by atoms with Crippen molar-refractivity contribution in [2.24, 2.45) is 5.92 Å². The summed E-state index contributed by atoms with van der Waals surface area (Å²) in [6.07, 6.45) is 5.09. The molecule has 0 heterocycles. The molecule has 146 valence electrons. The molecule has 0 bridgehead atoms. The van der Waals surface area contributed by atoms with Gasteiger partial charge in [0.05, 0.1) is 0 Å². The van der Waals surface area contributed by atoms with Crippen LogP contribution in [0.15, 0.2) is 54.6 Å². The topological polar surface area (TPSA) is 95.5 Å². The van der Waals surface area contributed by atoms with Crippen molar-refractivity contribution in [3.63, 3.8) is 0 Å². The first-order valence-electron chi connectivity index (χ1n) is 9.54. The smallest absolute Gasteiger partial charge is 0.330 e. The monoisotopic (exact) mass is 380 g/mol. The summed E-state index contributed by atoms with van der Waals surface area (Å²) < 4.78 is 0. The third-order valence-electron chi connectivity index (χ3n) is 5.02. The number of rotatable bonds is 6. The van der Waals surface area contributed by atoms with Gasteiger partial charge in [0.25, 0.3) is 5.91 Å². The molecular weight excluding hydrogens is 356 g/mol. The number of aliphatic carboxylic acids is 1. The van der Waals surface area contributed by atoms with E-state index in [1.54, 1.807) is 54.6 Å². The Bertz CT molecular complexity index is 845. The van der Waals surface area contributed by atoms with Gasteiger partial charge in [-0.05, 0) is 36.6 Å². The summed E-state index contributed by atoms with van der Waals surface area (Å²) in [6.45, 7) is 0. The van der Waals surface area contributed by atoms with E-state index in [-0.39, 0.29) is 11.8 Å². The third-order valence-corrected chi connectivity index (χ3v) is 5.02. The fourth-order valence-corrected chi connectivity index (χ4v) is 3.49. The van der Waals surface area contributed by atoms with Crippen LogP contribution in [0.3, 0.4) is 0 Å². The van der Waals surface area contributed by atoms with Crippen LogP contribution >= 0.6 is 0 Å². The number of carbonyl (C=O) groups is 3. The number of carboxylic acids is 1. The molecule has 1 saturated carbocycles. The van der Waals surface area contributed by atoms with Crippen LogP contribution in [0, 0.1) is 5.92 Å². The highest BCUT2D eigenvalue weighted by atomic mass is 16.4. The van der Waals surface area contributed by atoms with E-state index in [0.717, 1.165) is 25.7 Å². The van der Waals surface area contributed by atoms with E-state index in [1.807, 2.05) is 0 Å². The van der Waals surface area contributed by atoms with Gasteiger partial charge in [0.15, 0.2) is 6.04 Å². The Morgan fingerprint density at radius 1 is 0.929 bits per heavy atom. The minimum atomic E-state index is -1.14. The summed E-state index contributed by atoms with van der Waals surface area (Å²) in [5.74, 6) is -1.66. The van der Waals surface area contributed by atoms with E-state index >= 15 is 0 Å². The van der Waals surface area contributed by atoms with Gasteiger partial charge in [0.2, 0.25) is 5.91 Å². The molecule has 0 saturated heterocycles. The molecule has 3 N–H and O–H groups in total. The molecule has 1 aliphatic rings. The highest BCUT2D eigenvalue weighted by Gasteiger charge is 2.23. The Kier molecular flexibility index (Phi) is 6.42. The lowest BCUT2D eigenvalue weighted by atomic mass is 9.88. The van der Waals surface area contributed by atoms with Gasteiger partial charge in [-0.15, -0.1) is 0 Å². The van der Waals surface area contributed by atoms with Crippen molar-refractivity contribution in [2.75, 3.05) is 5.32 Å². The minimum absolute atomic E-state index is 0.0145. The number of amides is 2. The van der Waals surface area contributed by atoms with Crippen LogP contribution in [0.25, 0.3) is 0 Å². The maximum absolute atomic E-state index is 12.6. The lowest BCUT2D eigenvalue weighted by Gasteiger charge is -2.21. The van der Waals surface area contributed by atoms with Crippen molar-refractivity contribution in [1.29, 1.82) is 0 Å². The molecular formula is C22H24N2O4. The highest BCUT2D eigenvalue weighted by Crippen LogP contribution is 2.25. The van der Waals surface area contributed by atoms with E-state index in [2.05, 4.69) is 10.6 Å². The molecule has 6 nitrogen and oxygen atoms in total. The number of anilines is 1. The van der Waals surface area contributed by atoms with Crippen LogP contribution in [0.4, 0.5) is 5.69 Å². The van der Waals surface area contributed by atoms with Crippen LogP contribution in [-0.4, -0.2) is 22.9 Å². The van der Waals surface area contributed by atoms with Gasteiger partial charge in [-0.25, -0.2) is 4.79 Å². The number of hydrogen-bond donors (Lipinski definition) is 3. The normalized spacial score (nSPS) is 15.4. The molecule has 0 radical (unpaired) electrons. The number of carboxylic acid groups (broad SMARTS) is 1. The van der Waals surface area contributed by atoms with Gasteiger partial charge in [-0.2, -0.15) is 0 Å². The molecule has 0 spiro atoms. The fourth-order valence-electron chi connectivity index (χ4n) is 3.49. The molecule has 2 aromatic carbocycles. The van der Waals surface area contributed by atoms with Crippen molar-refractivity contribution in [3.8, 4) is 0 Å². The first-order chi connectivity index (χ1) is 13.5. The number of carbonyl (C=O) groups excluding carboxylic acids is 2. The number of benzene rings is 2. The second kappa shape index (κ2) is 9.17. The molecule has 3 rings (SSSR count). The van der Waals surface area contributed by atoms with Crippen molar-refractivity contribution in [3.05, 3.63) is 65.7 Å². The zero-order chi connectivity index (χ0) is 19.9. The van der Waals surface area contributed by atoms with Crippen LogP contribution in [0.1, 0.15) is 54.1 Å². The Hall–Kier alpha value is -3.15. The summed E-state index contributed by atoms with van der Waals surface area (Å²) in [6, 6.07) is 13.9. The van der Waals surface area contributed by atoms with Crippen LogP contribution in [0.2, 0.25) is 0 Å². The van der Waals surface area contributed by atoms with E-state index < -0.39 is 17.9 Å². The number of nitrogens with one attached hydrogen (secondary N) is 2. The molecule has 6 heteroatoms. The Morgan fingerprint density at radius 3 is 2.32 bits per heavy atom. The van der Waals surface area contributed by atoms with E-state index in [4.69, 9.17) is 0 Å². The van der Waals surface area contributed by atoms with Gasteiger partial charge in [-0.3, -0.25) is 9.59 Å². The van der Waals surface area contributed by atoms with Crippen molar-refractivity contribution in [1.82, 2.24) is 5.32 Å². The second-order valence-corrected chi connectivity index (χ2v) is 7.06. The average molecular weight is 380 g/mol. The first kappa shape index (κ1) is 19.6. The van der Waals surface area contributed by atoms with Crippen molar-refractivity contribution >= 4 is 23.5 Å². The minimum Gasteiger partial charge on any atom is -0.479 e. The van der Waals surface area contributed by atoms with Gasteiger partial charge < -0.3 is 15.7 Å². The molecule has 2 amide bonds. The molecule has 0 aromatic heterocycles. The van der Waals surface area contributed by atoms with Crippen molar-refractivity contribution < 1.29 is 19.5 Å². The van der Waals surface area contributed by atoms with E-state index in [9.17, 15) is 19.5 Å². The fraction of sp³-hybridized carbons (Fsp3) is 0.318. The van der Waals surface area contributed by atoms with Crippen molar-refractivity contribution in [2.45, 2.75) is 38.1 Å². The summed E-state index contributed by atoms with van der Waals surface area (Å²) in [5, 5.41) is 14.9. The molecule has 0 unspecified atom stereocenters. The van der Waals surface area contributed by atoms with Crippen LogP contribution < -0.4 is 10.6 Å². The highest BCUT2D eigenvalue weighted by molar-refractivity contribution is 5.99. The van der Waals surface area contributed by atoms with Crippen LogP contribution in [0.5, 0.6) is 0 Å². The molecule has 1 atom stereocenters. The Balaban J connectivity index is 1.69. The van der Waals surface area contributed by atoms with Gasteiger partial charge in [0, 0.05) is 17.2 Å². The maximum atomic E-state index is 12.6. The summed E-state index contributed by atoms with van der Waals surface area (Å²) in [5.41, 5.74) is 1.32. The maximum Gasteiger partial charge on any atom is 0.330 e. The average Bonchev–Trinajstić information content (AvgIpc) is 2.73. The molecule has 0 aliphatic heterocycles. The van der Waals surface area contributed by atoms with Crippen LogP contribution in [-0.2, 0) is 9.59 Å². The predicted molar refractivity (Wildman–Crippen MR) is 106 cm³/mol. The first-order valence-corrected chi connectivity index (χ1v) is 9.54. The predicted octanol–water partition coefficient (Wildman–Crippen LogP) is 3.76. The van der Waals surface area contributed by atoms with Gasteiger partial charge in [-0.1, -0.05) is 55.7 Å². The third kappa shape index (κ3) is 4.97. The SMILES string of the molecule is O=C(N[C@@H](C(=O)O)c1ccccc1)c1cccc(NC(=O)C2CCCCC2)c1. The molecule has 2 aromatic rings.